The van der Waals surface area contributed by atoms with Crippen LogP contribution in [-0.2, 0) is 4.74 Å². The molecule has 0 radical (unpaired) electrons. The van der Waals surface area contributed by atoms with Crippen LogP contribution in [0.15, 0.2) is 0 Å². The van der Waals surface area contributed by atoms with E-state index in [1.807, 2.05) is 0 Å². The molecule has 0 heterocycles. The lowest BCUT2D eigenvalue weighted by atomic mass is 9.83. The first-order valence-electron chi connectivity index (χ1n) is 6.68. The smallest absolute Gasteiger partial charge is 0.0590 e. The van der Waals surface area contributed by atoms with E-state index in [-0.39, 0.29) is 0 Å². The Morgan fingerprint density at radius 2 is 1.87 bits per heavy atom. The summed E-state index contributed by atoms with van der Waals surface area (Å²) in [5.41, 5.74) is 0. The van der Waals surface area contributed by atoms with Crippen LogP contribution in [0.3, 0.4) is 0 Å². The first-order chi connectivity index (χ1) is 7.36. The topological polar surface area (TPSA) is 21.3 Å². The van der Waals surface area contributed by atoms with Gasteiger partial charge in [-0.25, -0.2) is 0 Å². The van der Waals surface area contributed by atoms with E-state index in [0.29, 0.717) is 0 Å². The number of nitrogens with one attached hydrogen (secondary N) is 1. The van der Waals surface area contributed by atoms with Crippen molar-refractivity contribution >= 4 is 0 Å². The average molecular weight is 213 g/mol. The van der Waals surface area contributed by atoms with Crippen molar-refractivity contribution in [1.29, 1.82) is 0 Å². The van der Waals surface area contributed by atoms with Gasteiger partial charge in [0.2, 0.25) is 0 Å². The molecule has 90 valence electrons. The van der Waals surface area contributed by atoms with E-state index in [1.165, 1.54) is 38.5 Å². The summed E-state index contributed by atoms with van der Waals surface area (Å²) < 4.78 is 5.32. The van der Waals surface area contributed by atoms with Crippen LogP contribution in [0.1, 0.15) is 52.4 Å². The molecule has 2 nitrogen and oxygen atoms in total. The molecule has 1 saturated carbocycles. The Labute approximate surface area is 94.8 Å². The minimum absolute atomic E-state index is 0.763. The Balaban J connectivity index is 1.99. The second-order valence-corrected chi connectivity index (χ2v) is 4.66. The van der Waals surface area contributed by atoms with E-state index >= 15 is 0 Å². The highest BCUT2D eigenvalue weighted by molar-refractivity contribution is 4.76. The number of hydrogen-bond donors (Lipinski definition) is 1. The van der Waals surface area contributed by atoms with Gasteiger partial charge in [0.15, 0.2) is 0 Å². The van der Waals surface area contributed by atoms with E-state index in [2.05, 4.69) is 19.2 Å². The molecule has 0 aliphatic heterocycles. The first-order valence-corrected chi connectivity index (χ1v) is 6.68. The molecular formula is C13H27NO. The van der Waals surface area contributed by atoms with Crippen molar-refractivity contribution in [2.75, 3.05) is 19.8 Å². The molecule has 1 fully saturated rings. The van der Waals surface area contributed by atoms with E-state index in [0.717, 1.165) is 31.7 Å². The van der Waals surface area contributed by atoms with E-state index in [9.17, 15) is 0 Å². The van der Waals surface area contributed by atoms with Crippen LogP contribution in [0.4, 0.5) is 0 Å². The largest absolute Gasteiger partial charge is 0.380 e. The lowest BCUT2D eigenvalue weighted by Crippen LogP contribution is -2.35. The van der Waals surface area contributed by atoms with Crippen molar-refractivity contribution in [3.05, 3.63) is 0 Å². The Kier molecular flexibility index (Phi) is 7.03. The number of hydrogen-bond acceptors (Lipinski definition) is 2. The fourth-order valence-corrected chi connectivity index (χ4v) is 2.54. The summed E-state index contributed by atoms with van der Waals surface area (Å²) in [6.07, 6.45) is 8.40. The van der Waals surface area contributed by atoms with Gasteiger partial charge in [0, 0.05) is 19.2 Å². The molecule has 2 heteroatoms. The van der Waals surface area contributed by atoms with Crippen LogP contribution in [-0.4, -0.2) is 25.8 Å². The second-order valence-electron chi connectivity index (χ2n) is 4.66. The van der Waals surface area contributed by atoms with Gasteiger partial charge in [-0.1, -0.05) is 19.8 Å². The Morgan fingerprint density at radius 3 is 2.47 bits per heavy atom. The lowest BCUT2D eigenvalue weighted by molar-refractivity contribution is 0.143. The zero-order chi connectivity index (χ0) is 10.9. The van der Waals surface area contributed by atoms with Crippen LogP contribution in [0.25, 0.3) is 0 Å². The number of ether oxygens (including phenoxy) is 1. The molecule has 1 aliphatic rings. The Morgan fingerprint density at radius 1 is 1.13 bits per heavy atom. The monoisotopic (exact) mass is 213 g/mol. The lowest BCUT2D eigenvalue weighted by Gasteiger charge is -2.29. The van der Waals surface area contributed by atoms with Crippen LogP contribution < -0.4 is 5.32 Å². The van der Waals surface area contributed by atoms with Crippen LogP contribution in [0, 0.1) is 5.92 Å². The van der Waals surface area contributed by atoms with Gasteiger partial charge in [0.05, 0.1) is 6.61 Å². The molecule has 0 amide bonds. The Hall–Kier alpha value is -0.0800. The summed E-state index contributed by atoms with van der Waals surface area (Å²) in [6.45, 7) is 7.08. The van der Waals surface area contributed by atoms with E-state index in [1.54, 1.807) is 0 Å². The van der Waals surface area contributed by atoms with Crippen molar-refractivity contribution in [3.63, 3.8) is 0 Å². The van der Waals surface area contributed by atoms with Crippen LogP contribution >= 0.6 is 0 Å². The van der Waals surface area contributed by atoms with Gasteiger partial charge >= 0.3 is 0 Å². The van der Waals surface area contributed by atoms with Crippen molar-refractivity contribution in [3.8, 4) is 0 Å². The minimum atomic E-state index is 0.763. The molecule has 0 bridgehead atoms. The highest BCUT2D eigenvalue weighted by Gasteiger charge is 2.19. The zero-order valence-corrected chi connectivity index (χ0v) is 10.4. The molecular weight excluding hydrogens is 186 g/mol. The predicted octanol–water partition coefficient (Wildman–Crippen LogP) is 2.97. The maximum Gasteiger partial charge on any atom is 0.0590 e. The van der Waals surface area contributed by atoms with Crippen molar-refractivity contribution < 1.29 is 4.74 Å². The summed E-state index contributed by atoms with van der Waals surface area (Å²) in [7, 11) is 0. The quantitative estimate of drug-likeness (QED) is 0.656. The molecule has 15 heavy (non-hydrogen) atoms. The summed E-state index contributed by atoms with van der Waals surface area (Å²) in [5.74, 6) is 1.01. The maximum atomic E-state index is 5.32. The SMILES string of the molecule is CCCC1CCC(NCCOCC)CC1. The molecule has 0 aromatic heterocycles. The van der Waals surface area contributed by atoms with Gasteiger partial charge in [0.25, 0.3) is 0 Å². The minimum Gasteiger partial charge on any atom is -0.380 e. The van der Waals surface area contributed by atoms with Crippen molar-refractivity contribution in [1.82, 2.24) is 5.32 Å². The van der Waals surface area contributed by atoms with Gasteiger partial charge < -0.3 is 10.1 Å². The van der Waals surface area contributed by atoms with Gasteiger partial charge in [0.1, 0.15) is 0 Å². The molecule has 1 aliphatic carbocycles. The number of rotatable bonds is 7. The van der Waals surface area contributed by atoms with Crippen LogP contribution in [0.5, 0.6) is 0 Å². The van der Waals surface area contributed by atoms with Gasteiger partial charge in [-0.15, -0.1) is 0 Å². The Bertz CT molecular complexity index is 139. The molecule has 0 spiro atoms. The normalized spacial score (nSPS) is 26.8. The van der Waals surface area contributed by atoms with Gasteiger partial charge in [-0.2, -0.15) is 0 Å². The zero-order valence-electron chi connectivity index (χ0n) is 10.4. The molecule has 0 unspecified atom stereocenters. The third kappa shape index (κ3) is 5.53. The fourth-order valence-electron chi connectivity index (χ4n) is 2.54. The predicted molar refractivity (Wildman–Crippen MR) is 65.1 cm³/mol. The fraction of sp³-hybridized carbons (Fsp3) is 1.00. The van der Waals surface area contributed by atoms with Crippen molar-refractivity contribution in [2.24, 2.45) is 5.92 Å². The maximum absolute atomic E-state index is 5.32. The third-order valence-corrected chi connectivity index (χ3v) is 3.43. The molecule has 0 saturated heterocycles. The van der Waals surface area contributed by atoms with Crippen LogP contribution in [0.2, 0.25) is 0 Å². The van der Waals surface area contributed by atoms with Crippen molar-refractivity contribution in [2.45, 2.75) is 58.4 Å². The summed E-state index contributed by atoms with van der Waals surface area (Å²) in [4.78, 5) is 0. The molecule has 0 aromatic rings. The van der Waals surface area contributed by atoms with Gasteiger partial charge in [-0.05, 0) is 38.5 Å². The summed E-state index contributed by atoms with van der Waals surface area (Å²) in [6, 6.07) is 0.763. The molecule has 0 atom stereocenters. The molecule has 1 rings (SSSR count). The standard InChI is InChI=1S/C13H27NO/c1-3-5-12-6-8-13(9-7-12)14-10-11-15-4-2/h12-14H,3-11H2,1-2H3. The highest BCUT2D eigenvalue weighted by Crippen LogP contribution is 2.27. The molecule has 0 aromatic carbocycles. The highest BCUT2D eigenvalue weighted by atomic mass is 16.5. The van der Waals surface area contributed by atoms with E-state index in [4.69, 9.17) is 4.74 Å². The summed E-state index contributed by atoms with van der Waals surface area (Å²) in [5, 5.41) is 3.59. The second kappa shape index (κ2) is 8.12. The first kappa shape index (κ1) is 13.0. The third-order valence-electron chi connectivity index (χ3n) is 3.43. The van der Waals surface area contributed by atoms with E-state index < -0.39 is 0 Å². The van der Waals surface area contributed by atoms with Gasteiger partial charge in [-0.3, -0.25) is 0 Å². The average Bonchev–Trinajstić information content (AvgIpc) is 2.27. The summed E-state index contributed by atoms with van der Waals surface area (Å²) >= 11 is 0. The molecule has 1 N–H and O–H groups in total.